The summed E-state index contributed by atoms with van der Waals surface area (Å²) in [6.45, 7) is 3.22. The van der Waals surface area contributed by atoms with Gasteiger partial charge >= 0.3 is 0 Å². The third-order valence-corrected chi connectivity index (χ3v) is 8.51. The van der Waals surface area contributed by atoms with Crippen molar-refractivity contribution in [3.05, 3.63) is 18.2 Å². The highest BCUT2D eigenvalue weighted by molar-refractivity contribution is 7.89. The second-order valence-electron chi connectivity index (χ2n) is 8.64. The average molecular weight is 450 g/mol. The number of nitrogens with one attached hydrogen (secondary N) is 1. The zero-order valence-electron chi connectivity index (χ0n) is 18.0. The number of benzene rings is 1. The molecule has 1 N–H and O–H groups in total. The minimum atomic E-state index is -3.72. The van der Waals surface area contributed by atoms with Gasteiger partial charge in [-0.05, 0) is 37.0 Å². The first-order valence-corrected chi connectivity index (χ1v) is 12.7. The normalized spacial score (nSPS) is 22.7. The maximum absolute atomic E-state index is 13.1. The summed E-state index contributed by atoms with van der Waals surface area (Å²) >= 11 is 0. The van der Waals surface area contributed by atoms with Crippen LogP contribution in [0.4, 0.5) is 5.69 Å². The SMILES string of the molecule is CC[C@H]1Oc2ccc(S(=O)(=O)N3CCN(C(=O)CCC4CCCC4)CC3)cc2NC1=O. The van der Waals surface area contributed by atoms with E-state index in [9.17, 15) is 18.0 Å². The Morgan fingerprint density at radius 3 is 2.55 bits per heavy atom. The number of nitrogens with zero attached hydrogens (tertiary/aromatic N) is 2. The summed E-state index contributed by atoms with van der Waals surface area (Å²) in [5, 5.41) is 2.74. The Morgan fingerprint density at radius 1 is 1.16 bits per heavy atom. The Balaban J connectivity index is 1.36. The number of carbonyl (C=O) groups excluding carboxylic acids is 2. The molecule has 4 rings (SSSR count). The minimum absolute atomic E-state index is 0.117. The first-order valence-electron chi connectivity index (χ1n) is 11.3. The summed E-state index contributed by atoms with van der Waals surface area (Å²) in [4.78, 5) is 26.5. The van der Waals surface area contributed by atoms with E-state index < -0.39 is 16.1 Å². The number of ether oxygens (including phenoxy) is 1. The van der Waals surface area contributed by atoms with Crippen LogP contribution in [0, 0.1) is 5.92 Å². The number of amides is 2. The molecule has 0 spiro atoms. The van der Waals surface area contributed by atoms with Crippen molar-refractivity contribution in [1.29, 1.82) is 0 Å². The monoisotopic (exact) mass is 449 g/mol. The predicted octanol–water partition coefficient (Wildman–Crippen LogP) is 2.60. The number of fused-ring (bicyclic) bond motifs is 1. The van der Waals surface area contributed by atoms with E-state index in [1.807, 2.05) is 6.92 Å². The third-order valence-electron chi connectivity index (χ3n) is 6.61. The first kappa shape index (κ1) is 22.1. The van der Waals surface area contributed by atoms with Crippen LogP contribution in [0.25, 0.3) is 0 Å². The molecule has 0 aromatic heterocycles. The van der Waals surface area contributed by atoms with E-state index in [2.05, 4.69) is 5.32 Å². The van der Waals surface area contributed by atoms with Crippen molar-refractivity contribution in [1.82, 2.24) is 9.21 Å². The summed E-state index contributed by atoms with van der Waals surface area (Å²) in [5.74, 6) is 1.01. The molecule has 0 unspecified atom stereocenters. The Bertz CT molecular complexity index is 934. The molecule has 1 aromatic rings. The quantitative estimate of drug-likeness (QED) is 0.720. The molecule has 2 heterocycles. The lowest BCUT2D eigenvalue weighted by Gasteiger charge is -2.34. The lowest BCUT2D eigenvalue weighted by molar-refractivity contribution is -0.132. The van der Waals surface area contributed by atoms with Gasteiger partial charge in [0.05, 0.1) is 10.6 Å². The van der Waals surface area contributed by atoms with Crippen LogP contribution in [0.5, 0.6) is 5.75 Å². The van der Waals surface area contributed by atoms with Crippen LogP contribution in [0.1, 0.15) is 51.9 Å². The smallest absolute Gasteiger partial charge is 0.265 e. The Hall–Kier alpha value is -2.13. The number of anilines is 1. The molecule has 1 atom stereocenters. The highest BCUT2D eigenvalue weighted by Gasteiger charge is 2.32. The van der Waals surface area contributed by atoms with Gasteiger partial charge in [0.15, 0.2) is 6.10 Å². The molecule has 0 bridgehead atoms. The van der Waals surface area contributed by atoms with Crippen LogP contribution in [0.3, 0.4) is 0 Å². The molecule has 1 aliphatic carbocycles. The molecule has 0 radical (unpaired) electrons. The first-order chi connectivity index (χ1) is 14.9. The summed E-state index contributed by atoms with van der Waals surface area (Å²) in [6.07, 6.45) is 6.47. The van der Waals surface area contributed by atoms with Crippen LogP contribution < -0.4 is 10.1 Å². The van der Waals surface area contributed by atoms with E-state index in [0.29, 0.717) is 43.3 Å². The summed E-state index contributed by atoms with van der Waals surface area (Å²) in [5.41, 5.74) is 0.372. The summed E-state index contributed by atoms with van der Waals surface area (Å²) in [6, 6.07) is 4.55. The van der Waals surface area contributed by atoms with Crippen LogP contribution in [-0.2, 0) is 19.6 Å². The Labute approximate surface area is 184 Å². The van der Waals surface area contributed by atoms with E-state index in [-0.39, 0.29) is 29.8 Å². The maximum Gasteiger partial charge on any atom is 0.265 e. The van der Waals surface area contributed by atoms with Crippen LogP contribution >= 0.6 is 0 Å². The molecular weight excluding hydrogens is 418 g/mol. The topological polar surface area (TPSA) is 96.0 Å². The van der Waals surface area contributed by atoms with Crippen LogP contribution in [0.2, 0.25) is 0 Å². The van der Waals surface area contributed by atoms with Gasteiger partial charge in [0.1, 0.15) is 5.75 Å². The lowest BCUT2D eigenvalue weighted by atomic mass is 10.0. The fraction of sp³-hybridized carbons (Fsp3) is 0.636. The second-order valence-corrected chi connectivity index (χ2v) is 10.6. The highest BCUT2D eigenvalue weighted by Crippen LogP contribution is 2.33. The molecule has 1 saturated carbocycles. The predicted molar refractivity (Wildman–Crippen MR) is 116 cm³/mol. The maximum atomic E-state index is 13.1. The van der Waals surface area contributed by atoms with Crippen molar-refractivity contribution in [2.75, 3.05) is 31.5 Å². The van der Waals surface area contributed by atoms with E-state index in [4.69, 9.17) is 4.74 Å². The van der Waals surface area contributed by atoms with Crippen molar-refractivity contribution < 1.29 is 22.7 Å². The Morgan fingerprint density at radius 2 is 1.87 bits per heavy atom. The lowest BCUT2D eigenvalue weighted by Crippen LogP contribution is -2.50. The fourth-order valence-electron chi connectivity index (χ4n) is 4.67. The number of hydrogen-bond acceptors (Lipinski definition) is 5. The van der Waals surface area contributed by atoms with Crippen molar-refractivity contribution in [2.45, 2.75) is 62.9 Å². The zero-order valence-corrected chi connectivity index (χ0v) is 18.8. The zero-order chi connectivity index (χ0) is 22.0. The number of rotatable bonds is 6. The molecule has 2 aliphatic heterocycles. The molecule has 170 valence electrons. The molecule has 2 amide bonds. The molecule has 3 aliphatic rings. The van der Waals surface area contributed by atoms with Crippen molar-refractivity contribution >= 4 is 27.5 Å². The number of carbonyl (C=O) groups is 2. The van der Waals surface area contributed by atoms with Crippen molar-refractivity contribution in [3.63, 3.8) is 0 Å². The van der Waals surface area contributed by atoms with E-state index in [1.54, 1.807) is 11.0 Å². The molecule has 1 aromatic carbocycles. The summed E-state index contributed by atoms with van der Waals surface area (Å²) < 4.78 is 33.3. The number of sulfonamides is 1. The number of hydrogen-bond donors (Lipinski definition) is 1. The Kier molecular flexibility index (Phi) is 6.52. The standard InChI is InChI=1S/C22H31N3O5S/c1-2-19-22(27)23-18-15-17(8-9-20(18)30-19)31(28,29)25-13-11-24(12-14-25)21(26)10-7-16-5-3-4-6-16/h8-9,15-16,19H,2-7,10-14H2,1H3,(H,23,27)/t19-/m1/s1. The molecule has 2 fully saturated rings. The van der Waals surface area contributed by atoms with Crippen LogP contribution in [0.15, 0.2) is 23.1 Å². The van der Waals surface area contributed by atoms with Gasteiger partial charge in [-0.3, -0.25) is 9.59 Å². The molecule has 1 saturated heterocycles. The minimum Gasteiger partial charge on any atom is -0.478 e. The van der Waals surface area contributed by atoms with Crippen LogP contribution in [-0.4, -0.2) is 61.7 Å². The van der Waals surface area contributed by atoms with Gasteiger partial charge in [-0.15, -0.1) is 0 Å². The molecule has 31 heavy (non-hydrogen) atoms. The van der Waals surface area contributed by atoms with Gasteiger partial charge in [0, 0.05) is 32.6 Å². The largest absolute Gasteiger partial charge is 0.478 e. The van der Waals surface area contributed by atoms with E-state index in [0.717, 1.165) is 6.42 Å². The van der Waals surface area contributed by atoms with Gasteiger partial charge < -0.3 is 15.0 Å². The third kappa shape index (κ3) is 4.72. The van der Waals surface area contributed by atoms with Gasteiger partial charge in [-0.2, -0.15) is 4.31 Å². The van der Waals surface area contributed by atoms with E-state index >= 15 is 0 Å². The molecule has 9 heteroatoms. The fourth-order valence-corrected chi connectivity index (χ4v) is 6.12. The van der Waals surface area contributed by atoms with Gasteiger partial charge in [0.25, 0.3) is 5.91 Å². The molecule has 8 nitrogen and oxygen atoms in total. The number of piperazine rings is 1. The summed E-state index contributed by atoms with van der Waals surface area (Å²) in [7, 11) is -3.72. The molecular formula is C22H31N3O5S. The van der Waals surface area contributed by atoms with Gasteiger partial charge in [0.2, 0.25) is 15.9 Å². The van der Waals surface area contributed by atoms with Gasteiger partial charge in [-0.1, -0.05) is 32.6 Å². The second kappa shape index (κ2) is 9.16. The van der Waals surface area contributed by atoms with Crippen molar-refractivity contribution in [2.24, 2.45) is 5.92 Å². The van der Waals surface area contributed by atoms with Gasteiger partial charge in [-0.25, -0.2) is 8.42 Å². The average Bonchev–Trinajstić information content (AvgIpc) is 3.30. The van der Waals surface area contributed by atoms with E-state index in [1.165, 1.54) is 42.1 Å². The van der Waals surface area contributed by atoms with Crippen molar-refractivity contribution in [3.8, 4) is 5.75 Å². The highest BCUT2D eigenvalue weighted by atomic mass is 32.2.